The van der Waals surface area contributed by atoms with Gasteiger partial charge in [-0.25, -0.2) is 0 Å². The van der Waals surface area contributed by atoms with Gasteiger partial charge in [-0.3, -0.25) is 4.99 Å². The summed E-state index contributed by atoms with van der Waals surface area (Å²) < 4.78 is 0. The molecule has 0 aliphatic carbocycles. The molecule has 15 heavy (non-hydrogen) atoms. The molecule has 0 saturated carbocycles. The van der Waals surface area contributed by atoms with Gasteiger partial charge in [0.25, 0.3) is 0 Å². The first kappa shape index (κ1) is 13.9. The van der Waals surface area contributed by atoms with Gasteiger partial charge in [-0.2, -0.15) is 0 Å². The second-order valence-corrected chi connectivity index (χ2v) is 4.05. The molecule has 1 heteroatoms. The summed E-state index contributed by atoms with van der Waals surface area (Å²) >= 11 is 0. The maximum atomic E-state index is 4.20. The van der Waals surface area contributed by atoms with E-state index < -0.39 is 0 Å². The molecule has 0 aromatic rings. The SMILES string of the molecule is C=CC(=C)C(/C=C(\C)CC(C)CC)=N/C. The van der Waals surface area contributed by atoms with Gasteiger partial charge in [0.05, 0.1) is 5.71 Å². The van der Waals surface area contributed by atoms with Gasteiger partial charge >= 0.3 is 0 Å². The zero-order valence-corrected chi connectivity index (χ0v) is 10.5. The van der Waals surface area contributed by atoms with Crippen molar-refractivity contribution in [1.29, 1.82) is 0 Å². The maximum absolute atomic E-state index is 4.20. The summed E-state index contributed by atoms with van der Waals surface area (Å²) in [6.45, 7) is 14.2. The van der Waals surface area contributed by atoms with Crippen molar-refractivity contribution in [3.63, 3.8) is 0 Å². The van der Waals surface area contributed by atoms with Crippen molar-refractivity contribution in [3.05, 3.63) is 36.5 Å². The molecule has 0 N–H and O–H groups in total. The van der Waals surface area contributed by atoms with Crippen LogP contribution in [0.25, 0.3) is 0 Å². The van der Waals surface area contributed by atoms with Crippen molar-refractivity contribution in [2.24, 2.45) is 10.9 Å². The third-order valence-electron chi connectivity index (χ3n) is 2.57. The van der Waals surface area contributed by atoms with Crippen molar-refractivity contribution >= 4 is 5.71 Å². The van der Waals surface area contributed by atoms with Crippen LogP contribution >= 0.6 is 0 Å². The number of hydrogen-bond acceptors (Lipinski definition) is 1. The molecular formula is C14H23N. The topological polar surface area (TPSA) is 12.4 Å². The summed E-state index contributed by atoms with van der Waals surface area (Å²) in [6.07, 6.45) is 6.19. The first-order valence-electron chi connectivity index (χ1n) is 5.50. The molecule has 84 valence electrons. The second kappa shape index (κ2) is 7.22. The van der Waals surface area contributed by atoms with Gasteiger partial charge in [0, 0.05) is 7.05 Å². The predicted molar refractivity (Wildman–Crippen MR) is 70.5 cm³/mol. The first-order valence-corrected chi connectivity index (χ1v) is 5.50. The van der Waals surface area contributed by atoms with E-state index in [2.05, 4.69) is 45.0 Å². The largest absolute Gasteiger partial charge is 0.288 e. The zero-order valence-electron chi connectivity index (χ0n) is 10.5. The standard InChI is InChI=1S/C14H23N/c1-7-11(3)9-12(4)10-14(15-6)13(5)8-2/h8,10-11H,2,5,7,9H2,1,3-4,6H3/b12-10+,15-14+. The van der Waals surface area contributed by atoms with E-state index in [0.29, 0.717) is 0 Å². The molecule has 0 bridgehead atoms. The monoisotopic (exact) mass is 205 g/mol. The van der Waals surface area contributed by atoms with E-state index in [1.807, 2.05) is 0 Å². The maximum Gasteiger partial charge on any atom is 0.0636 e. The number of hydrogen-bond donors (Lipinski definition) is 0. The van der Waals surface area contributed by atoms with Crippen LogP contribution in [0.4, 0.5) is 0 Å². The smallest absolute Gasteiger partial charge is 0.0636 e. The van der Waals surface area contributed by atoms with Crippen molar-refractivity contribution in [2.75, 3.05) is 7.05 Å². The lowest BCUT2D eigenvalue weighted by molar-refractivity contribution is 0.557. The Bertz CT molecular complexity index is 282. The molecular weight excluding hydrogens is 182 g/mol. The van der Waals surface area contributed by atoms with Crippen molar-refractivity contribution in [3.8, 4) is 0 Å². The highest BCUT2D eigenvalue weighted by atomic mass is 14.7. The van der Waals surface area contributed by atoms with E-state index in [1.54, 1.807) is 13.1 Å². The van der Waals surface area contributed by atoms with Gasteiger partial charge < -0.3 is 0 Å². The van der Waals surface area contributed by atoms with Crippen molar-refractivity contribution < 1.29 is 0 Å². The van der Waals surface area contributed by atoms with Crippen LogP contribution in [-0.2, 0) is 0 Å². The number of rotatable bonds is 6. The Kier molecular flexibility index (Phi) is 6.68. The molecule has 0 aromatic carbocycles. The third kappa shape index (κ3) is 5.36. The number of nitrogens with zero attached hydrogens (tertiary/aromatic N) is 1. The lowest BCUT2D eigenvalue weighted by Crippen LogP contribution is -1.99. The van der Waals surface area contributed by atoms with Crippen LogP contribution < -0.4 is 0 Å². The summed E-state index contributed by atoms with van der Waals surface area (Å²) in [5, 5.41) is 0. The normalized spacial score (nSPS) is 14.9. The van der Waals surface area contributed by atoms with E-state index in [-0.39, 0.29) is 0 Å². The molecule has 1 atom stereocenters. The predicted octanol–water partition coefficient (Wildman–Crippen LogP) is 4.18. The molecule has 1 nitrogen and oxygen atoms in total. The average Bonchev–Trinajstić information content (AvgIpc) is 2.24. The first-order chi connectivity index (χ1) is 7.04. The minimum atomic E-state index is 0.733. The molecule has 0 aliphatic rings. The third-order valence-corrected chi connectivity index (χ3v) is 2.57. The van der Waals surface area contributed by atoms with Gasteiger partial charge in [0.1, 0.15) is 0 Å². The highest BCUT2D eigenvalue weighted by Gasteiger charge is 2.02. The second-order valence-electron chi connectivity index (χ2n) is 4.05. The van der Waals surface area contributed by atoms with Crippen LogP contribution in [0.15, 0.2) is 41.4 Å². The highest BCUT2D eigenvalue weighted by Crippen LogP contribution is 2.14. The van der Waals surface area contributed by atoms with Crippen LogP contribution in [0.3, 0.4) is 0 Å². The Balaban J connectivity index is 4.57. The van der Waals surface area contributed by atoms with Crippen molar-refractivity contribution in [1.82, 2.24) is 0 Å². The van der Waals surface area contributed by atoms with Crippen molar-refractivity contribution in [2.45, 2.75) is 33.6 Å². The fourth-order valence-electron chi connectivity index (χ4n) is 1.39. The number of allylic oxidation sites excluding steroid dienone is 4. The summed E-state index contributed by atoms with van der Waals surface area (Å²) in [5.41, 5.74) is 3.18. The van der Waals surface area contributed by atoms with Gasteiger partial charge in [-0.15, -0.1) is 0 Å². The van der Waals surface area contributed by atoms with E-state index >= 15 is 0 Å². The van der Waals surface area contributed by atoms with Crippen LogP contribution in [0.1, 0.15) is 33.6 Å². The van der Waals surface area contributed by atoms with Crippen LogP contribution in [0.2, 0.25) is 0 Å². The van der Waals surface area contributed by atoms with Gasteiger partial charge in [-0.1, -0.05) is 45.1 Å². The lowest BCUT2D eigenvalue weighted by Gasteiger charge is -2.09. The Hall–Kier alpha value is -1.11. The Morgan fingerprint density at radius 1 is 1.47 bits per heavy atom. The molecule has 0 spiro atoms. The fraction of sp³-hybridized carbons (Fsp3) is 0.500. The Labute approximate surface area is 94.3 Å². The average molecular weight is 205 g/mol. The number of aliphatic imine (C=N–C) groups is 1. The van der Waals surface area contributed by atoms with E-state index in [4.69, 9.17) is 0 Å². The van der Waals surface area contributed by atoms with Gasteiger partial charge in [0.2, 0.25) is 0 Å². The van der Waals surface area contributed by atoms with E-state index in [9.17, 15) is 0 Å². The van der Waals surface area contributed by atoms with Crippen LogP contribution in [0, 0.1) is 5.92 Å². The molecule has 0 aromatic heterocycles. The van der Waals surface area contributed by atoms with Crippen LogP contribution in [-0.4, -0.2) is 12.8 Å². The molecule has 0 aliphatic heterocycles. The minimum Gasteiger partial charge on any atom is -0.288 e. The molecule has 0 radical (unpaired) electrons. The Morgan fingerprint density at radius 2 is 2.07 bits per heavy atom. The lowest BCUT2D eigenvalue weighted by atomic mass is 9.98. The van der Waals surface area contributed by atoms with Crippen LogP contribution in [0.5, 0.6) is 0 Å². The summed E-state index contributed by atoms with van der Waals surface area (Å²) in [7, 11) is 1.79. The molecule has 0 saturated heterocycles. The fourth-order valence-corrected chi connectivity index (χ4v) is 1.39. The highest BCUT2D eigenvalue weighted by molar-refractivity contribution is 6.10. The summed E-state index contributed by atoms with van der Waals surface area (Å²) in [5.74, 6) is 0.733. The molecule has 0 rings (SSSR count). The molecule has 0 fully saturated rings. The summed E-state index contributed by atoms with van der Waals surface area (Å²) in [6, 6.07) is 0. The van der Waals surface area contributed by atoms with Gasteiger partial charge in [0.15, 0.2) is 0 Å². The quantitative estimate of drug-likeness (QED) is 0.455. The van der Waals surface area contributed by atoms with Gasteiger partial charge in [-0.05, 0) is 30.9 Å². The molecule has 0 heterocycles. The van der Waals surface area contributed by atoms with E-state index in [1.165, 1.54) is 12.0 Å². The minimum absolute atomic E-state index is 0.733. The Morgan fingerprint density at radius 3 is 2.47 bits per heavy atom. The summed E-state index contributed by atoms with van der Waals surface area (Å²) in [4.78, 5) is 4.20. The zero-order chi connectivity index (χ0) is 11.8. The molecule has 1 unspecified atom stereocenters. The molecule has 0 amide bonds. The van der Waals surface area contributed by atoms with E-state index in [0.717, 1.165) is 23.6 Å².